The lowest BCUT2D eigenvalue weighted by Gasteiger charge is -2.20. The first-order chi connectivity index (χ1) is 17.7. The predicted octanol–water partition coefficient (Wildman–Crippen LogP) is 6.33. The molecule has 0 spiro atoms. The largest absolute Gasteiger partial charge is 0.493 e. The smallest absolute Gasteiger partial charge is 0.233 e. The summed E-state index contributed by atoms with van der Waals surface area (Å²) in [5.74, 6) is 2.70. The van der Waals surface area contributed by atoms with Crippen LogP contribution in [0.25, 0.3) is 21.9 Å². The summed E-state index contributed by atoms with van der Waals surface area (Å²) in [5.41, 5.74) is 2.49. The number of anilines is 1. The number of hydrogen-bond donors (Lipinski definition) is 0. The van der Waals surface area contributed by atoms with Gasteiger partial charge in [0.15, 0.2) is 11.5 Å². The number of ether oxygens (including phenoxy) is 3. The maximum absolute atomic E-state index is 6.13. The van der Waals surface area contributed by atoms with Crippen LogP contribution in [0.1, 0.15) is 48.0 Å². The highest BCUT2D eigenvalue weighted by molar-refractivity contribution is 5.92. The van der Waals surface area contributed by atoms with Crippen LogP contribution in [0.5, 0.6) is 17.4 Å². The van der Waals surface area contributed by atoms with Crippen molar-refractivity contribution in [3.05, 3.63) is 48.9 Å². The van der Waals surface area contributed by atoms with Gasteiger partial charge in [0, 0.05) is 24.4 Å². The number of nitrogens with zero attached hydrogens (tertiary/aromatic N) is 5. The van der Waals surface area contributed by atoms with Crippen molar-refractivity contribution < 1.29 is 14.2 Å². The molecule has 1 aliphatic rings. The highest BCUT2D eigenvalue weighted by Crippen LogP contribution is 2.35. The van der Waals surface area contributed by atoms with Gasteiger partial charge in [-0.2, -0.15) is 0 Å². The van der Waals surface area contributed by atoms with Crippen molar-refractivity contribution in [1.29, 1.82) is 0 Å². The second kappa shape index (κ2) is 14.7. The minimum Gasteiger partial charge on any atom is -0.493 e. The van der Waals surface area contributed by atoms with Gasteiger partial charge in [0.25, 0.3) is 0 Å². The van der Waals surface area contributed by atoms with Crippen LogP contribution in [-0.4, -0.2) is 53.3 Å². The van der Waals surface area contributed by atoms with E-state index in [0.29, 0.717) is 23.9 Å². The second-order valence-electron chi connectivity index (χ2n) is 7.09. The van der Waals surface area contributed by atoms with E-state index in [4.69, 9.17) is 14.2 Å². The van der Waals surface area contributed by atoms with Crippen molar-refractivity contribution in [2.24, 2.45) is 0 Å². The Morgan fingerprint density at radius 1 is 0.806 bits per heavy atom. The first kappa shape index (κ1) is 28.6. The van der Waals surface area contributed by atoms with Crippen molar-refractivity contribution in [1.82, 2.24) is 19.9 Å². The lowest BCUT2D eigenvalue weighted by atomic mass is 10.2. The lowest BCUT2D eigenvalue weighted by Crippen LogP contribution is -2.25. The fraction of sp³-hybridized carbons (Fsp3) is 0.429. The molecule has 0 saturated carbocycles. The van der Waals surface area contributed by atoms with Crippen molar-refractivity contribution in [2.75, 3.05) is 32.2 Å². The normalized spacial score (nSPS) is 14.0. The Bertz CT molecular complexity index is 1220. The fourth-order valence-electron chi connectivity index (χ4n) is 3.81. The third-order valence-corrected chi connectivity index (χ3v) is 5.28. The van der Waals surface area contributed by atoms with E-state index in [-0.39, 0.29) is 6.10 Å². The molecule has 0 amide bonds. The predicted molar refractivity (Wildman–Crippen MR) is 147 cm³/mol. The van der Waals surface area contributed by atoms with Crippen molar-refractivity contribution >= 4 is 27.8 Å². The maximum atomic E-state index is 6.13. The Hall–Kier alpha value is -3.68. The zero-order chi connectivity index (χ0) is 26.5. The monoisotopic (exact) mass is 493 g/mol. The van der Waals surface area contributed by atoms with E-state index >= 15 is 0 Å². The first-order valence-corrected chi connectivity index (χ1v) is 12.8. The molecular weight excluding hydrogens is 454 g/mol. The van der Waals surface area contributed by atoms with Gasteiger partial charge < -0.3 is 19.1 Å². The number of hydrogen-bond acceptors (Lipinski definition) is 8. The molecule has 4 aromatic rings. The molecule has 36 heavy (non-hydrogen) atoms. The summed E-state index contributed by atoms with van der Waals surface area (Å²) < 4.78 is 17.0. The maximum Gasteiger partial charge on any atom is 0.233 e. The molecule has 1 atom stereocenters. The molecule has 8 heteroatoms. The van der Waals surface area contributed by atoms with Crippen molar-refractivity contribution in [3.63, 3.8) is 0 Å². The standard InChI is InChI=1S/C22H21N5O3.3C2H6/c1-28-19-9-15-18(10-20(19)29-2)24-13-25-22(15)27-8-7-14(12-27)30-21-11-23-16-5-3-4-6-17(16)26-21;3*1-2/h3-6,9-11,13-14H,7-8,12H2,1-2H3;3*1-2H3. The van der Waals surface area contributed by atoms with E-state index in [9.17, 15) is 0 Å². The third kappa shape index (κ3) is 6.50. The average Bonchev–Trinajstić information content (AvgIpc) is 3.43. The third-order valence-electron chi connectivity index (χ3n) is 5.28. The summed E-state index contributed by atoms with van der Waals surface area (Å²) in [6.07, 6.45) is 4.13. The van der Waals surface area contributed by atoms with Crippen LogP contribution >= 0.6 is 0 Å². The zero-order valence-corrected chi connectivity index (χ0v) is 22.8. The van der Waals surface area contributed by atoms with Crippen molar-refractivity contribution in [2.45, 2.75) is 54.1 Å². The van der Waals surface area contributed by atoms with Crippen LogP contribution in [0.3, 0.4) is 0 Å². The topological polar surface area (TPSA) is 82.5 Å². The molecule has 0 bridgehead atoms. The van der Waals surface area contributed by atoms with Gasteiger partial charge in [-0.1, -0.05) is 53.7 Å². The highest BCUT2D eigenvalue weighted by atomic mass is 16.5. The van der Waals surface area contributed by atoms with Gasteiger partial charge in [0.05, 0.1) is 43.5 Å². The van der Waals surface area contributed by atoms with Gasteiger partial charge >= 0.3 is 0 Å². The van der Waals surface area contributed by atoms with E-state index in [2.05, 4.69) is 24.8 Å². The summed E-state index contributed by atoms with van der Waals surface area (Å²) in [4.78, 5) is 20.1. The molecule has 3 heterocycles. The van der Waals surface area contributed by atoms with Crippen LogP contribution in [-0.2, 0) is 0 Å². The Balaban J connectivity index is 0.000000710. The summed E-state index contributed by atoms with van der Waals surface area (Å²) in [7, 11) is 3.24. The molecule has 0 aliphatic carbocycles. The summed E-state index contributed by atoms with van der Waals surface area (Å²) in [6, 6.07) is 11.6. The van der Waals surface area contributed by atoms with Crippen LogP contribution in [0.2, 0.25) is 0 Å². The number of rotatable bonds is 5. The Morgan fingerprint density at radius 3 is 2.17 bits per heavy atom. The van der Waals surface area contributed by atoms with Gasteiger partial charge in [-0.15, -0.1) is 0 Å². The Kier molecular flexibility index (Phi) is 11.6. The minimum atomic E-state index is 0.00521. The minimum absolute atomic E-state index is 0.00521. The Labute approximate surface area is 214 Å². The van der Waals surface area contributed by atoms with Gasteiger partial charge in [0.1, 0.15) is 18.2 Å². The second-order valence-corrected chi connectivity index (χ2v) is 7.09. The molecule has 0 N–H and O–H groups in total. The molecule has 0 radical (unpaired) electrons. The van der Waals surface area contributed by atoms with E-state index < -0.39 is 0 Å². The van der Waals surface area contributed by atoms with Crippen LogP contribution in [0, 0.1) is 0 Å². The van der Waals surface area contributed by atoms with Crippen LogP contribution < -0.4 is 19.1 Å². The van der Waals surface area contributed by atoms with Gasteiger partial charge in [-0.05, 0) is 18.2 Å². The van der Waals surface area contributed by atoms with Crippen molar-refractivity contribution in [3.8, 4) is 17.4 Å². The summed E-state index contributed by atoms with van der Waals surface area (Å²) in [5, 5.41) is 0.918. The molecule has 5 rings (SSSR count). The molecule has 2 aromatic carbocycles. The molecule has 1 fully saturated rings. The zero-order valence-electron chi connectivity index (χ0n) is 22.8. The number of benzene rings is 2. The number of aromatic nitrogens is 4. The highest BCUT2D eigenvalue weighted by Gasteiger charge is 2.27. The molecule has 1 unspecified atom stereocenters. The van der Waals surface area contributed by atoms with Crippen LogP contribution in [0.4, 0.5) is 5.82 Å². The molecule has 8 nitrogen and oxygen atoms in total. The molecule has 1 aliphatic heterocycles. The number of fused-ring (bicyclic) bond motifs is 2. The molecule has 1 saturated heterocycles. The first-order valence-electron chi connectivity index (χ1n) is 12.8. The van der Waals surface area contributed by atoms with Gasteiger partial charge in [-0.3, -0.25) is 0 Å². The molecule has 2 aromatic heterocycles. The lowest BCUT2D eigenvalue weighted by molar-refractivity contribution is 0.216. The average molecular weight is 494 g/mol. The summed E-state index contributed by atoms with van der Waals surface area (Å²) >= 11 is 0. The quantitative estimate of drug-likeness (QED) is 0.319. The van der Waals surface area contributed by atoms with E-state index in [1.165, 1.54) is 0 Å². The number of para-hydroxylation sites is 2. The van der Waals surface area contributed by atoms with Crippen LogP contribution in [0.15, 0.2) is 48.9 Å². The Morgan fingerprint density at radius 2 is 1.47 bits per heavy atom. The fourth-order valence-corrected chi connectivity index (χ4v) is 3.81. The van der Waals surface area contributed by atoms with Gasteiger partial charge in [-0.25, -0.2) is 19.9 Å². The van der Waals surface area contributed by atoms with E-state index in [0.717, 1.165) is 40.7 Å². The molecular formula is C28H39N5O3. The summed E-state index contributed by atoms with van der Waals surface area (Å²) in [6.45, 7) is 13.5. The van der Waals surface area contributed by atoms with E-state index in [1.807, 2.05) is 77.9 Å². The molecule has 194 valence electrons. The van der Waals surface area contributed by atoms with Gasteiger partial charge in [0.2, 0.25) is 5.88 Å². The number of methoxy groups -OCH3 is 2. The van der Waals surface area contributed by atoms with E-state index in [1.54, 1.807) is 26.7 Å². The SMILES string of the molecule is CC.CC.CC.COc1cc2ncnc(N3CCC(Oc4cnc5ccccc5n4)C3)c2cc1OC.